The first-order chi connectivity index (χ1) is 25.9. The fourth-order valence-electron chi connectivity index (χ4n) is 7.07. The fourth-order valence-corrected chi connectivity index (χ4v) is 8.54. The normalized spacial score (nSPS) is 12.6. The van der Waals surface area contributed by atoms with Gasteiger partial charge in [0, 0.05) is 69.4 Å². The average Bonchev–Trinajstić information content (AvgIpc) is 3.70. The summed E-state index contributed by atoms with van der Waals surface area (Å²) in [5.74, 6) is 0.928. The van der Waals surface area contributed by atoms with Gasteiger partial charge in [0.05, 0.1) is 6.26 Å². The van der Waals surface area contributed by atoms with Gasteiger partial charge < -0.3 is 9.52 Å². The second kappa shape index (κ2) is 17.9. The number of aliphatic hydroxyl groups is 1. The van der Waals surface area contributed by atoms with Crippen LogP contribution in [-0.4, -0.2) is 20.9 Å². The molecule has 0 aliphatic rings. The number of carbonyl (C=O) groups is 1. The molecule has 0 fully saturated rings. The number of thiophene rings is 1. The van der Waals surface area contributed by atoms with Crippen molar-refractivity contribution in [1.29, 1.82) is 0 Å². The van der Waals surface area contributed by atoms with Crippen LogP contribution in [0.25, 0.3) is 54.5 Å². The van der Waals surface area contributed by atoms with E-state index >= 15 is 0 Å². The molecular formula is C49H61IrN2O3S-. The van der Waals surface area contributed by atoms with Gasteiger partial charge in [0.2, 0.25) is 5.71 Å². The van der Waals surface area contributed by atoms with Crippen molar-refractivity contribution in [2.24, 2.45) is 16.7 Å². The number of furan rings is 1. The van der Waals surface area contributed by atoms with Gasteiger partial charge in [-0.05, 0) is 91.0 Å². The number of aromatic nitrogens is 2. The average molecular weight is 950 g/mol. The Hall–Kier alpha value is -3.64. The standard InChI is InChI=1S/C34H33N2OS.C15H28O2.Ir/c1-19(2)13-29-21(4)25-11-10-22(16-30(25)38-29)26-17-28(36-33-31(26)20(3)18-37-33)24-14-23-9-8-12-35-32(23)27(15-24)34(5,6)7;1-7-14(5,8-2)12(16)11-13(17)15(6,9-3)10-4;/h8-12,15-19H,13H2,1-7H3;11,16H,7-10H2,1-6H3;/q-1;;/b;12-11-;. The van der Waals surface area contributed by atoms with Crippen molar-refractivity contribution >= 4 is 49.2 Å². The van der Waals surface area contributed by atoms with Crippen LogP contribution in [0.2, 0.25) is 0 Å². The SMILES string of the molecule is CCC(C)(CC)C(=O)/C=C(\O)C(C)(CC)CC.Cc1c(CC(C)C)sc2cc(-c3cc(-c4[c-]c5cccnc5c(C(C)(C)C)c4)nc4occ(C)c34)ccc12.[Ir]. The van der Waals surface area contributed by atoms with Gasteiger partial charge in [-0.1, -0.05) is 117 Å². The van der Waals surface area contributed by atoms with E-state index in [1.165, 1.54) is 37.7 Å². The molecule has 0 aliphatic heterocycles. The number of aliphatic hydroxyl groups excluding tert-OH is 1. The maximum absolute atomic E-state index is 12.2. The molecule has 4 heterocycles. The van der Waals surface area contributed by atoms with Crippen molar-refractivity contribution < 1.29 is 34.4 Å². The molecule has 0 aliphatic carbocycles. The molecule has 0 atom stereocenters. The second-order valence-electron chi connectivity index (χ2n) is 17.3. The van der Waals surface area contributed by atoms with Gasteiger partial charge in [-0.2, -0.15) is 0 Å². The van der Waals surface area contributed by atoms with Gasteiger partial charge in [0.15, 0.2) is 5.78 Å². The van der Waals surface area contributed by atoms with Gasteiger partial charge in [0.1, 0.15) is 5.76 Å². The topological polar surface area (TPSA) is 76.2 Å². The second-order valence-corrected chi connectivity index (χ2v) is 18.4. The molecule has 6 rings (SSSR count). The van der Waals surface area contributed by atoms with Crippen LogP contribution in [0.5, 0.6) is 0 Å². The fraction of sp³-hybridized carbons (Fsp3) is 0.449. The minimum absolute atomic E-state index is 0. The van der Waals surface area contributed by atoms with Gasteiger partial charge in [-0.15, -0.1) is 29.5 Å². The maximum atomic E-state index is 12.2. The van der Waals surface area contributed by atoms with Crippen LogP contribution < -0.4 is 0 Å². The van der Waals surface area contributed by atoms with Crippen molar-refractivity contribution in [3.8, 4) is 22.4 Å². The Morgan fingerprint density at radius 1 is 0.946 bits per heavy atom. The number of carbonyl (C=O) groups excluding carboxylic acids is 1. The number of rotatable bonds is 11. The first-order valence-corrected chi connectivity index (χ1v) is 20.9. The summed E-state index contributed by atoms with van der Waals surface area (Å²) in [7, 11) is 0. The Kier molecular flexibility index (Phi) is 14.4. The third-order valence-electron chi connectivity index (χ3n) is 12.0. The van der Waals surface area contributed by atoms with Crippen LogP contribution in [0.15, 0.2) is 71.2 Å². The van der Waals surface area contributed by atoms with Crippen LogP contribution in [0.1, 0.15) is 123 Å². The van der Waals surface area contributed by atoms with Gasteiger partial charge in [0.25, 0.3) is 0 Å². The number of hydrogen-bond acceptors (Lipinski definition) is 6. The van der Waals surface area contributed by atoms with E-state index in [0.29, 0.717) is 11.6 Å². The van der Waals surface area contributed by atoms with Gasteiger partial charge in [-0.25, -0.2) is 0 Å². The van der Waals surface area contributed by atoms with E-state index in [-0.39, 0.29) is 47.9 Å². The largest absolute Gasteiger partial charge is 0.512 e. The third-order valence-corrected chi connectivity index (χ3v) is 13.3. The van der Waals surface area contributed by atoms with E-state index in [1.807, 2.05) is 71.4 Å². The predicted molar refractivity (Wildman–Crippen MR) is 234 cm³/mol. The molecule has 301 valence electrons. The van der Waals surface area contributed by atoms with Crippen molar-refractivity contribution in [3.05, 3.63) is 94.4 Å². The first-order valence-electron chi connectivity index (χ1n) is 20.1. The molecule has 56 heavy (non-hydrogen) atoms. The van der Waals surface area contributed by atoms with Crippen LogP contribution in [0, 0.1) is 36.7 Å². The number of aryl methyl sites for hydroxylation is 2. The summed E-state index contributed by atoms with van der Waals surface area (Å²) >= 11 is 1.93. The van der Waals surface area contributed by atoms with Gasteiger partial charge >= 0.3 is 0 Å². The zero-order valence-corrected chi connectivity index (χ0v) is 39.0. The molecule has 1 radical (unpaired) electrons. The van der Waals surface area contributed by atoms with E-state index in [0.717, 1.165) is 70.8 Å². The third kappa shape index (κ3) is 9.22. The van der Waals surface area contributed by atoms with Crippen molar-refractivity contribution in [1.82, 2.24) is 9.97 Å². The summed E-state index contributed by atoms with van der Waals surface area (Å²) < 4.78 is 7.31. The van der Waals surface area contributed by atoms with E-state index in [9.17, 15) is 9.90 Å². The van der Waals surface area contributed by atoms with Crippen molar-refractivity contribution in [2.45, 2.75) is 128 Å². The number of nitrogens with zero attached hydrogens (tertiary/aromatic N) is 2. The van der Waals surface area contributed by atoms with Crippen LogP contribution in [0.3, 0.4) is 0 Å². The zero-order chi connectivity index (χ0) is 40.5. The maximum Gasteiger partial charge on any atom is 0.219 e. The minimum atomic E-state index is -0.337. The summed E-state index contributed by atoms with van der Waals surface area (Å²) in [5.41, 5.74) is 8.84. The molecule has 0 saturated heterocycles. The zero-order valence-electron chi connectivity index (χ0n) is 35.8. The number of allylic oxidation sites excluding steroid dienone is 2. The minimum Gasteiger partial charge on any atom is -0.512 e. The first kappa shape index (κ1) is 45.1. The number of hydrogen-bond donors (Lipinski definition) is 1. The molecule has 0 amide bonds. The van der Waals surface area contributed by atoms with E-state index in [4.69, 9.17) is 9.40 Å². The number of ketones is 1. The summed E-state index contributed by atoms with van der Waals surface area (Å²) in [5, 5.41) is 13.6. The number of pyridine rings is 2. The Morgan fingerprint density at radius 2 is 1.61 bits per heavy atom. The van der Waals surface area contributed by atoms with Crippen LogP contribution >= 0.6 is 11.3 Å². The van der Waals surface area contributed by atoms with Gasteiger partial charge in [-0.3, -0.25) is 14.8 Å². The van der Waals surface area contributed by atoms with E-state index < -0.39 is 0 Å². The quantitative estimate of drug-likeness (QED) is 0.0795. The summed E-state index contributed by atoms with van der Waals surface area (Å²) in [6.07, 6.45) is 9.54. The molecule has 0 saturated carbocycles. The number of benzene rings is 2. The van der Waals surface area contributed by atoms with E-state index in [1.54, 1.807) is 0 Å². The Balaban J connectivity index is 0.000000330. The molecule has 0 unspecified atom stereocenters. The smallest absolute Gasteiger partial charge is 0.219 e. The van der Waals surface area contributed by atoms with Crippen molar-refractivity contribution in [2.75, 3.05) is 0 Å². The van der Waals surface area contributed by atoms with Crippen LogP contribution in [-0.2, 0) is 36.7 Å². The molecule has 1 N–H and O–H groups in total. The Labute approximate surface area is 352 Å². The molecule has 2 aromatic carbocycles. The Bertz CT molecular complexity index is 2350. The Morgan fingerprint density at radius 3 is 2.21 bits per heavy atom. The summed E-state index contributed by atoms with van der Waals surface area (Å²) in [4.78, 5) is 23.3. The molecule has 0 bridgehead atoms. The number of fused-ring (bicyclic) bond motifs is 3. The summed E-state index contributed by atoms with van der Waals surface area (Å²) in [6, 6.07) is 18.9. The van der Waals surface area contributed by atoms with Crippen molar-refractivity contribution in [3.63, 3.8) is 0 Å². The molecule has 4 aromatic heterocycles. The van der Waals surface area contributed by atoms with Crippen LogP contribution in [0.4, 0.5) is 0 Å². The van der Waals surface area contributed by atoms with E-state index in [2.05, 4.69) is 95.9 Å². The molecule has 7 heteroatoms. The molecule has 6 aromatic rings. The predicted octanol–water partition coefficient (Wildman–Crippen LogP) is 14.5. The molecular weight excluding hydrogens is 889 g/mol. The monoisotopic (exact) mass is 950 g/mol. The summed E-state index contributed by atoms with van der Waals surface area (Å²) in [6.45, 7) is 27.7. The molecule has 0 spiro atoms. The molecule has 5 nitrogen and oxygen atoms in total.